The number of para-hydroxylation sites is 1. The quantitative estimate of drug-likeness (QED) is 0.323. The van der Waals surface area contributed by atoms with Gasteiger partial charge in [-0.3, -0.25) is 15.1 Å². The van der Waals surface area contributed by atoms with E-state index in [-0.39, 0.29) is 12.2 Å². The minimum atomic E-state index is -3.19. The summed E-state index contributed by atoms with van der Waals surface area (Å²) in [6.07, 6.45) is 1.85. The summed E-state index contributed by atoms with van der Waals surface area (Å²) >= 11 is 0. The lowest BCUT2D eigenvalue weighted by molar-refractivity contribution is -0.385. The molecule has 2 aromatic carbocycles. The van der Waals surface area contributed by atoms with Crippen LogP contribution in [-0.4, -0.2) is 39.1 Å². The van der Waals surface area contributed by atoms with Crippen LogP contribution in [0.15, 0.2) is 58.4 Å². The minimum absolute atomic E-state index is 0.0615. The molecule has 0 saturated carbocycles. The van der Waals surface area contributed by atoms with Gasteiger partial charge in [-0.2, -0.15) is 0 Å². The lowest BCUT2D eigenvalue weighted by atomic mass is 10.1. The summed E-state index contributed by atoms with van der Waals surface area (Å²) < 4.78 is 22.9. The van der Waals surface area contributed by atoms with Crippen LogP contribution in [0.4, 0.5) is 5.69 Å². The van der Waals surface area contributed by atoms with Crippen molar-refractivity contribution >= 4 is 21.5 Å². The highest BCUT2D eigenvalue weighted by atomic mass is 32.2. The summed E-state index contributed by atoms with van der Waals surface area (Å²) in [5.74, 6) is 0.529. The van der Waals surface area contributed by atoms with Gasteiger partial charge in [0.2, 0.25) is 0 Å². The van der Waals surface area contributed by atoms with E-state index in [0.717, 1.165) is 5.56 Å². The van der Waals surface area contributed by atoms with Gasteiger partial charge in [0.15, 0.2) is 15.8 Å². The van der Waals surface area contributed by atoms with Gasteiger partial charge in [-0.15, -0.1) is 0 Å². The van der Waals surface area contributed by atoms with Crippen molar-refractivity contribution in [1.29, 1.82) is 0 Å². The topological polar surface area (TPSA) is 114 Å². The Morgan fingerprint density at radius 3 is 2.37 bits per heavy atom. The number of sulfone groups is 1. The molecular weight excluding hydrogens is 368 g/mol. The number of aliphatic imine (C=N–C) groups is 1. The van der Waals surface area contributed by atoms with Crippen molar-refractivity contribution in [2.24, 2.45) is 4.99 Å². The number of hydrogen-bond acceptors (Lipinski definition) is 5. The first-order chi connectivity index (χ1) is 12.8. The summed E-state index contributed by atoms with van der Waals surface area (Å²) in [6, 6.07) is 13.3. The fourth-order valence-corrected chi connectivity index (χ4v) is 3.10. The smallest absolute Gasteiger partial charge is 0.274 e. The van der Waals surface area contributed by atoms with Crippen LogP contribution in [0.3, 0.4) is 0 Å². The summed E-state index contributed by atoms with van der Waals surface area (Å²) in [5, 5.41) is 17.2. The van der Waals surface area contributed by atoms with E-state index >= 15 is 0 Å². The molecule has 144 valence electrons. The highest BCUT2D eigenvalue weighted by molar-refractivity contribution is 7.90. The SMILES string of the molecule is CN=C(NCCc1ccc(S(C)(=O)=O)cc1)NCc1ccccc1[N+](=O)[O-]. The van der Waals surface area contributed by atoms with Crippen molar-refractivity contribution in [2.75, 3.05) is 19.8 Å². The number of benzene rings is 2. The molecule has 0 radical (unpaired) electrons. The van der Waals surface area contributed by atoms with E-state index in [2.05, 4.69) is 15.6 Å². The van der Waals surface area contributed by atoms with E-state index in [4.69, 9.17) is 0 Å². The summed E-state index contributed by atoms with van der Waals surface area (Å²) in [4.78, 5) is 15.0. The Hall–Kier alpha value is -2.94. The van der Waals surface area contributed by atoms with Gasteiger partial charge < -0.3 is 10.6 Å². The molecule has 0 aliphatic carbocycles. The van der Waals surface area contributed by atoms with E-state index in [1.807, 2.05) is 0 Å². The molecule has 0 amide bonds. The molecule has 9 heteroatoms. The average Bonchev–Trinajstić information content (AvgIpc) is 2.64. The van der Waals surface area contributed by atoms with E-state index in [1.165, 1.54) is 12.3 Å². The predicted octanol–water partition coefficient (Wildman–Crippen LogP) is 1.91. The second-order valence-corrected chi connectivity index (χ2v) is 7.92. The first-order valence-corrected chi connectivity index (χ1v) is 10.2. The van der Waals surface area contributed by atoms with Crippen molar-refractivity contribution in [3.8, 4) is 0 Å². The van der Waals surface area contributed by atoms with Crippen LogP contribution in [0, 0.1) is 10.1 Å². The molecule has 27 heavy (non-hydrogen) atoms. The van der Waals surface area contributed by atoms with Gasteiger partial charge in [0.25, 0.3) is 5.69 Å². The normalized spacial score (nSPS) is 11.9. The molecule has 8 nitrogen and oxygen atoms in total. The van der Waals surface area contributed by atoms with Crippen molar-refractivity contribution in [2.45, 2.75) is 17.9 Å². The number of hydrogen-bond donors (Lipinski definition) is 2. The zero-order valence-electron chi connectivity index (χ0n) is 15.2. The predicted molar refractivity (Wildman–Crippen MR) is 105 cm³/mol. The van der Waals surface area contributed by atoms with E-state index in [0.29, 0.717) is 29.4 Å². The molecule has 0 spiro atoms. The molecule has 2 rings (SSSR count). The average molecular weight is 390 g/mol. The monoisotopic (exact) mass is 390 g/mol. The first-order valence-electron chi connectivity index (χ1n) is 8.27. The molecule has 0 fully saturated rings. The second-order valence-electron chi connectivity index (χ2n) is 5.90. The fraction of sp³-hybridized carbons (Fsp3) is 0.278. The zero-order valence-corrected chi connectivity index (χ0v) is 16.0. The minimum Gasteiger partial charge on any atom is -0.356 e. The van der Waals surface area contributed by atoms with Crippen molar-refractivity contribution in [3.63, 3.8) is 0 Å². The number of nitrogens with one attached hydrogen (secondary N) is 2. The lowest BCUT2D eigenvalue weighted by Crippen LogP contribution is -2.37. The van der Waals surface area contributed by atoms with Gasteiger partial charge in [-0.05, 0) is 24.1 Å². The maximum absolute atomic E-state index is 11.5. The summed E-state index contributed by atoms with van der Waals surface area (Å²) in [5.41, 5.74) is 1.62. The van der Waals surface area contributed by atoms with Gasteiger partial charge in [-0.1, -0.05) is 30.3 Å². The lowest BCUT2D eigenvalue weighted by Gasteiger charge is -2.12. The van der Waals surface area contributed by atoms with Gasteiger partial charge >= 0.3 is 0 Å². The Morgan fingerprint density at radius 1 is 1.11 bits per heavy atom. The maximum Gasteiger partial charge on any atom is 0.274 e. The molecule has 0 aliphatic rings. The van der Waals surface area contributed by atoms with Crippen LogP contribution >= 0.6 is 0 Å². The third-order valence-electron chi connectivity index (χ3n) is 3.92. The van der Waals surface area contributed by atoms with Crippen LogP contribution in [-0.2, 0) is 22.8 Å². The zero-order chi connectivity index (χ0) is 19.9. The highest BCUT2D eigenvalue weighted by Gasteiger charge is 2.12. The summed E-state index contributed by atoms with van der Waals surface area (Å²) in [6.45, 7) is 0.856. The Bertz CT molecular complexity index is 925. The largest absolute Gasteiger partial charge is 0.356 e. The first kappa shape index (κ1) is 20.4. The number of rotatable bonds is 7. The van der Waals surface area contributed by atoms with Gasteiger partial charge in [-0.25, -0.2) is 8.42 Å². The van der Waals surface area contributed by atoms with Crippen LogP contribution in [0.2, 0.25) is 0 Å². The Balaban J connectivity index is 1.87. The van der Waals surface area contributed by atoms with Crippen molar-refractivity contribution in [3.05, 3.63) is 69.8 Å². The molecule has 0 heterocycles. The molecule has 0 bridgehead atoms. The van der Waals surface area contributed by atoms with Crippen molar-refractivity contribution in [1.82, 2.24) is 10.6 Å². The number of guanidine groups is 1. The van der Waals surface area contributed by atoms with Crippen LogP contribution in [0.1, 0.15) is 11.1 Å². The second kappa shape index (κ2) is 9.13. The molecule has 0 unspecified atom stereocenters. The van der Waals surface area contributed by atoms with Crippen LogP contribution < -0.4 is 10.6 Å². The Kier molecular flexibility index (Phi) is 6.89. The molecule has 2 N–H and O–H groups in total. The number of nitrogens with zero attached hydrogens (tertiary/aromatic N) is 2. The Morgan fingerprint density at radius 2 is 1.78 bits per heavy atom. The van der Waals surface area contributed by atoms with Gasteiger partial charge in [0.05, 0.1) is 9.82 Å². The third-order valence-corrected chi connectivity index (χ3v) is 5.04. The van der Waals surface area contributed by atoms with Crippen LogP contribution in [0.25, 0.3) is 0 Å². The third kappa shape index (κ3) is 6.07. The fourth-order valence-electron chi connectivity index (χ4n) is 2.47. The molecule has 0 saturated heterocycles. The molecule has 0 aliphatic heterocycles. The van der Waals surface area contributed by atoms with E-state index < -0.39 is 14.8 Å². The molecular formula is C18H22N4O4S. The van der Waals surface area contributed by atoms with Crippen molar-refractivity contribution < 1.29 is 13.3 Å². The highest BCUT2D eigenvalue weighted by Crippen LogP contribution is 2.17. The van der Waals surface area contributed by atoms with E-state index in [1.54, 1.807) is 49.5 Å². The summed E-state index contributed by atoms with van der Waals surface area (Å²) in [7, 11) is -1.57. The standard InChI is InChI=1S/C18H22N4O4S/c1-19-18(21-13-15-5-3-4-6-17(15)22(23)24)20-12-11-14-7-9-16(10-8-14)27(2,25)26/h3-10H,11-13H2,1-2H3,(H2,19,20,21). The molecule has 0 aromatic heterocycles. The van der Waals surface area contributed by atoms with E-state index in [9.17, 15) is 18.5 Å². The van der Waals surface area contributed by atoms with Gasteiger partial charge in [0.1, 0.15) is 0 Å². The molecule has 2 aromatic rings. The molecule has 0 atom stereocenters. The number of nitro groups is 1. The van der Waals surface area contributed by atoms with Crippen LogP contribution in [0.5, 0.6) is 0 Å². The Labute approximate surface area is 158 Å². The van der Waals surface area contributed by atoms with Gasteiger partial charge in [0, 0.05) is 38.0 Å². The number of nitro benzene ring substituents is 1. The maximum atomic E-state index is 11.5.